The maximum Gasteiger partial charge on any atom is 0.513 e. The van der Waals surface area contributed by atoms with Crippen LogP contribution in [0.4, 0.5) is 4.79 Å². The Labute approximate surface area is 176 Å². The van der Waals surface area contributed by atoms with E-state index in [1.54, 1.807) is 24.3 Å². The summed E-state index contributed by atoms with van der Waals surface area (Å²) in [5, 5.41) is 0. The van der Waals surface area contributed by atoms with Crippen molar-refractivity contribution in [3.63, 3.8) is 0 Å². The smallest absolute Gasteiger partial charge is 0.463 e. The van der Waals surface area contributed by atoms with Crippen LogP contribution in [0.15, 0.2) is 55.1 Å². The highest BCUT2D eigenvalue weighted by Gasteiger charge is 2.07. The zero-order valence-corrected chi connectivity index (χ0v) is 17.2. The van der Waals surface area contributed by atoms with E-state index in [-0.39, 0.29) is 20.0 Å². The lowest BCUT2D eigenvalue weighted by Gasteiger charge is -2.11. The lowest BCUT2D eigenvalue weighted by molar-refractivity contribution is -0.137. The summed E-state index contributed by atoms with van der Waals surface area (Å²) in [6, 6.07) is 12.5. The second kappa shape index (κ2) is 12.2. The number of hydrogen-bond acceptors (Lipinski definition) is 7. The number of hydrogen-bond donors (Lipinski definition) is 0. The molecule has 0 atom stereocenters. The van der Waals surface area contributed by atoms with E-state index in [9.17, 15) is 9.59 Å². The lowest BCUT2D eigenvalue weighted by Crippen LogP contribution is -2.12. The van der Waals surface area contributed by atoms with Crippen LogP contribution in [-0.2, 0) is 14.3 Å². The third kappa shape index (κ3) is 8.26. The highest BCUT2D eigenvalue weighted by atomic mass is 16.7. The minimum absolute atomic E-state index is 0.0637. The first-order valence-corrected chi connectivity index (χ1v) is 9.54. The molecule has 0 heterocycles. The fourth-order valence-corrected chi connectivity index (χ4v) is 2.44. The summed E-state index contributed by atoms with van der Waals surface area (Å²) >= 11 is 0. The fourth-order valence-electron chi connectivity index (χ4n) is 2.44. The third-order valence-corrected chi connectivity index (χ3v) is 3.96. The van der Waals surface area contributed by atoms with Gasteiger partial charge in [0.1, 0.15) is 17.2 Å². The zero-order valence-electron chi connectivity index (χ0n) is 17.2. The van der Waals surface area contributed by atoms with Gasteiger partial charge >= 0.3 is 12.1 Å². The van der Waals surface area contributed by atoms with Crippen molar-refractivity contribution in [3.05, 3.63) is 66.2 Å². The SMILES string of the molecule is C=CC(=O)OCCCCOC(=O)Oc1ccc(OCOc2ccc(C)cc2C)cc1. The maximum absolute atomic E-state index is 11.7. The molecule has 0 aliphatic heterocycles. The number of unbranched alkanes of at least 4 members (excludes halogenated alkanes) is 1. The molecular weight excluding hydrogens is 388 g/mol. The van der Waals surface area contributed by atoms with E-state index in [0.29, 0.717) is 24.3 Å². The standard InChI is InChI=1S/C23H26O7/c1-4-22(24)26-13-5-6-14-27-23(25)30-20-10-8-19(9-11-20)28-16-29-21-12-7-17(2)15-18(21)3/h4,7-12,15H,1,5-6,13-14,16H2,2-3H3. The second-order valence-electron chi connectivity index (χ2n) is 6.43. The Hall–Kier alpha value is -3.48. The molecule has 0 spiro atoms. The van der Waals surface area contributed by atoms with Crippen LogP contribution in [0.3, 0.4) is 0 Å². The van der Waals surface area contributed by atoms with Crippen molar-refractivity contribution in [3.8, 4) is 17.2 Å². The van der Waals surface area contributed by atoms with Crippen molar-refractivity contribution in [2.75, 3.05) is 20.0 Å². The molecule has 7 nitrogen and oxygen atoms in total. The topological polar surface area (TPSA) is 80.3 Å². The molecule has 0 bridgehead atoms. The van der Waals surface area contributed by atoms with Gasteiger partial charge < -0.3 is 23.7 Å². The number of rotatable bonds is 11. The molecule has 0 radical (unpaired) electrons. The summed E-state index contributed by atoms with van der Waals surface area (Å²) in [6.07, 6.45) is 1.42. The summed E-state index contributed by atoms with van der Waals surface area (Å²) in [7, 11) is 0. The molecule has 2 aromatic rings. The van der Waals surface area contributed by atoms with Crippen molar-refractivity contribution in [1.29, 1.82) is 0 Å². The first-order chi connectivity index (χ1) is 14.5. The maximum atomic E-state index is 11.7. The average molecular weight is 414 g/mol. The highest BCUT2D eigenvalue weighted by molar-refractivity contribution is 5.81. The van der Waals surface area contributed by atoms with Gasteiger partial charge in [0, 0.05) is 6.08 Å². The molecule has 0 N–H and O–H groups in total. The lowest BCUT2D eigenvalue weighted by atomic mass is 10.1. The second-order valence-corrected chi connectivity index (χ2v) is 6.43. The third-order valence-electron chi connectivity index (χ3n) is 3.96. The Morgan fingerprint density at radius 2 is 1.57 bits per heavy atom. The first-order valence-electron chi connectivity index (χ1n) is 9.54. The molecule has 0 aliphatic rings. The van der Waals surface area contributed by atoms with E-state index in [1.807, 2.05) is 32.0 Å². The summed E-state index contributed by atoms with van der Waals surface area (Å²) in [4.78, 5) is 22.5. The predicted molar refractivity (Wildman–Crippen MR) is 111 cm³/mol. The Balaban J connectivity index is 1.64. The largest absolute Gasteiger partial charge is 0.513 e. The molecule has 0 saturated heterocycles. The van der Waals surface area contributed by atoms with Crippen LogP contribution in [0.5, 0.6) is 17.2 Å². The van der Waals surface area contributed by atoms with Crippen molar-refractivity contribution >= 4 is 12.1 Å². The van der Waals surface area contributed by atoms with Crippen molar-refractivity contribution in [2.45, 2.75) is 26.7 Å². The minimum Gasteiger partial charge on any atom is -0.463 e. The van der Waals surface area contributed by atoms with Gasteiger partial charge in [-0.15, -0.1) is 0 Å². The van der Waals surface area contributed by atoms with Gasteiger partial charge in [-0.05, 0) is 62.6 Å². The van der Waals surface area contributed by atoms with E-state index in [2.05, 4.69) is 6.58 Å². The number of esters is 1. The van der Waals surface area contributed by atoms with Crippen LogP contribution >= 0.6 is 0 Å². The Morgan fingerprint density at radius 1 is 0.900 bits per heavy atom. The highest BCUT2D eigenvalue weighted by Crippen LogP contribution is 2.21. The first kappa shape index (κ1) is 22.8. The van der Waals surface area contributed by atoms with Crippen molar-refractivity contribution in [2.24, 2.45) is 0 Å². The molecule has 0 unspecified atom stereocenters. The summed E-state index contributed by atoms with van der Waals surface area (Å²) < 4.78 is 26.0. The summed E-state index contributed by atoms with van der Waals surface area (Å²) in [5.41, 5.74) is 2.21. The molecule has 2 rings (SSSR count). The van der Waals surface area contributed by atoms with E-state index in [4.69, 9.17) is 23.7 Å². The van der Waals surface area contributed by atoms with Crippen LogP contribution in [0.25, 0.3) is 0 Å². The number of ether oxygens (including phenoxy) is 5. The van der Waals surface area contributed by atoms with Crippen LogP contribution in [0.1, 0.15) is 24.0 Å². The molecule has 0 aliphatic carbocycles. The molecule has 160 valence electrons. The average Bonchev–Trinajstić information content (AvgIpc) is 2.73. The quantitative estimate of drug-likeness (QED) is 0.173. The van der Waals surface area contributed by atoms with Crippen molar-refractivity contribution in [1.82, 2.24) is 0 Å². The molecule has 0 saturated carbocycles. The van der Waals surface area contributed by atoms with E-state index >= 15 is 0 Å². The van der Waals surface area contributed by atoms with E-state index in [1.165, 1.54) is 5.56 Å². The van der Waals surface area contributed by atoms with Gasteiger partial charge in [0.05, 0.1) is 13.2 Å². The summed E-state index contributed by atoms with van der Waals surface area (Å²) in [6.45, 7) is 7.78. The van der Waals surface area contributed by atoms with Gasteiger partial charge in [-0.2, -0.15) is 0 Å². The van der Waals surface area contributed by atoms with Crippen LogP contribution in [-0.4, -0.2) is 32.1 Å². The molecule has 30 heavy (non-hydrogen) atoms. The van der Waals surface area contributed by atoms with Gasteiger partial charge in [-0.3, -0.25) is 0 Å². The number of carbonyl (C=O) groups excluding carboxylic acids is 2. The van der Waals surface area contributed by atoms with Crippen LogP contribution in [0, 0.1) is 13.8 Å². The van der Waals surface area contributed by atoms with E-state index in [0.717, 1.165) is 17.4 Å². The molecule has 0 aromatic heterocycles. The van der Waals surface area contributed by atoms with Gasteiger partial charge in [0.25, 0.3) is 0 Å². The Bertz CT molecular complexity index is 843. The normalized spacial score (nSPS) is 10.1. The molecule has 0 fully saturated rings. The van der Waals surface area contributed by atoms with E-state index < -0.39 is 12.1 Å². The molecule has 7 heteroatoms. The number of aryl methyl sites for hydroxylation is 2. The molecular formula is C23H26O7. The van der Waals surface area contributed by atoms with Gasteiger partial charge in [0.2, 0.25) is 6.79 Å². The Morgan fingerprint density at radius 3 is 2.23 bits per heavy atom. The Kier molecular flexibility index (Phi) is 9.24. The van der Waals surface area contributed by atoms with Gasteiger partial charge in [0.15, 0.2) is 0 Å². The van der Waals surface area contributed by atoms with Gasteiger partial charge in [-0.1, -0.05) is 24.3 Å². The molecule has 0 amide bonds. The zero-order chi connectivity index (χ0) is 21.8. The fraction of sp³-hybridized carbons (Fsp3) is 0.304. The van der Waals surface area contributed by atoms with Crippen LogP contribution in [0.2, 0.25) is 0 Å². The number of benzene rings is 2. The minimum atomic E-state index is -0.801. The monoisotopic (exact) mass is 414 g/mol. The number of carbonyl (C=O) groups is 2. The van der Waals surface area contributed by atoms with Gasteiger partial charge in [-0.25, -0.2) is 9.59 Å². The van der Waals surface area contributed by atoms with Crippen LogP contribution < -0.4 is 14.2 Å². The predicted octanol–water partition coefficient (Wildman–Crippen LogP) is 4.74. The summed E-state index contributed by atoms with van der Waals surface area (Å²) in [5.74, 6) is 1.21. The van der Waals surface area contributed by atoms with Crippen molar-refractivity contribution < 1.29 is 33.3 Å². The molecule has 2 aromatic carbocycles.